The van der Waals surface area contributed by atoms with Gasteiger partial charge in [0.25, 0.3) is 5.91 Å². The first-order valence-electron chi connectivity index (χ1n) is 11.0. The van der Waals surface area contributed by atoms with Gasteiger partial charge < -0.3 is 20.1 Å². The van der Waals surface area contributed by atoms with Crippen LogP contribution in [0.2, 0.25) is 0 Å². The average Bonchev–Trinajstić information content (AvgIpc) is 3.24. The van der Waals surface area contributed by atoms with Gasteiger partial charge in [-0.05, 0) is 67.6 Å². The predicted octanol–water partition coefficient (Wildman–Crippen LogP) is 4.91. The first-order valence-corrected chi connectivity index (χ1v) is 11.0. The maximum atomic E-state index is 13.5. The summed E-state index contributed by atoms with van der Waals surface area (Å²) >= 11 is 0. The number of hydrogen-bond acceptors (Lipinski definition) is 4. The Balaban J connectivity index is 1.59. The number of carbonyl (C=O) groups is 2. The Labute approximate surface area is 189 Å². The van der Waals surface area contributed by atoms with Gasteiger partial charge in [0.15, 0.2) is 0 Å². The van der Waals surface area contributed by atoms with E-state index in [0.717, 1.165) is 42.6 Å². The normalized spacial score (nSPS) is 21.9. The molecular weight excluding hydrogens is 437 g/mol. The summed E-state index contributed by atoms with van der Waals surface area (Å²) < 4.78 is 41.3. The number of nitrogens with one attached hydrogen (secondary N) is 1. The van der Waals surface area contributed by atoms with Gasteiger partial charge in [0.05, 0.1) is 0 Å². The van der Waals surface area contributed by atoms with Gasteiger partial charge >= 0.3 is 12.3 Å². The van der Waals surface area contributed by atoms with Crippen LogP contribution in [0, 0.1) is 5.92 Å². The van der Waals surface area contributed by atoms with E-state index in [0.29, 0.717) is 13.0 Å². The van der Waals surface area contributed by atoms with Gasteiger partial charge in [0.2, 0.25) is 0 Å². The molecule has 33 heavy (non-hydrogen) atoms. The summed E-state index contributed by atoms with van der Waals surface area (Å²) in [5.41, 5.74) is 2.04. The maximum Gasteiger partial charge on any atom is 0.573 e. The molecular formula is C24H25F3N2O4. The van der Waals surface area contributed by atoms with Crippen molar-refractivity contribution in [2.75, 3.05) is 11.4 Å². The molecule has 3 atom stereocenters. The first-order chi connectivity index (χ1) is 15.7. The zero-order valence-electron chi connectivity index (χ0n) is 17.8. The second-order valence-corrected chi connectivity index (χ2v) is 8.40. The number of aliphatic carboxylic acids is 1. The molecule has 1 fully saturated rings. The molecule has 1 amide bonds. The van der Waals surface area contributed by atoms with Crippen LogP contribution in [-0.2, 0) is 4.79 Å². The van der Waals surface area contributed by atoms with E-state index in [4.69, 9.17) is 5.11 Å². The van der Waals surface area contributed by atoms with Crippen LogP contribution < -0.4 is 15.0 Å². The van der Waals surface area contributed by atoms with Crippen molar-refractivity contribution in [1.29, 1.82) is 0 Å². The molecule has 2 N–H and O–H groups in total. The Kier molecular flexibility index (Phi) is 6.60. The van der Waals surface area contributed by atoms with E-state index < -0.39 is 12.3 Å². The number of carboxylic acids is 1. The molecule has 0 aromatic heterocycles. The number of para-hydroxylation sites is 1. The summed E-state index contributed by atoms with van der Waals surface area (Å²) in [5.74, 6) is -1.30. The highest BCUT2D eigenvalue weighted by molar-refractivity contribution is 6.07. The minimum absolute atomic E-state index is 0.00843. The van der Waals surface area contributed by atoms with Crippen molar-refractivity contribution in [3.63, 3.8) is 0 Å². The van der Waals surface area contributed by atoms with Gasteiger partial charge in [-0.25, -0.2) is 0 Å². The number of benzene rings is 2. The lowest BCUT2D eigenvalue weighted by Gasteiger charge is -2.44. The highest BCUT2D eigenvalue weighted by Crippen LogP contribution is 2.48. The van der Waals surface area contributed by atoms with E-state index in [1.165, 1.54) is 12.1 Å². The van der Waals surface area contributed by atoms with Gasteiger partial charge in [-0.15, -0.1) is 13.2 Å². The highest BCUT2D eigenvalue weighted by Gasteiger charge is 2.45. The molecule has 0 unspecified atom stereocenters. The van der Waals surface area contributed by atoms with Crippen LogP contribution in [0.5, 0.6) is 5.75 Å². The molecule has 9 heteroatoms. The summed E-state index contributed by atoms with van der Waals surface area (Å²) in [6.07, 6.45) is -1.47. The maximum absolute atomic E-state index is 13.5. The van der Waals surface area contributed by atoms with E-state index in [-0.39, 0.29) is 41.6 Å². The Morgan fingerprint density at radius 1 is 1.09 bits per heavy atom. The molecule has 1 heterocycles. The quantitative estimate of drug-likeness (QED) is 0.572. The molecule has 0 bridgehead atoms. The molecule has 0 saturated heterocycles. The number of fused-ring (bicyclic) bond motifs is 2. The van der Waals surface area contributed by atoms with Gasteiger partial charge in [0, 0.05) is 29.8 Å². The smallest absolute Gasteiger partial charge is 0.481 e. The van der Waals surface area contributed by atoms with Crippen molar-refractivity contribution in [3.05, 3.63) is 59.7 Å². The van der Waals surface area contributed by atoms with Crippen LogP contribution in [-0.4, -0.2) is 35.9 Å². The number of anilines is 1. The SMILES string of the molecule is O=C(O)CCCN[C@H]1c2ccccc2N(C(=O)c2ccc(OC(F)(F)F)cc2)[C@@H]2CCC[C@@H]21. The third kappa shape index (κ3) is 5.13. The molecule has 2 aliphatic rings. The van der Waals surface area contributed by atoms with Gasteiger partial charge in [-0.3, -0.25) is 9.59 Å². The minimum atomic E-state index is -4.79. The lowest BCUT2D eigenvalue weighted by atomic mass is 9.82. The van der Waals surface area contributed by atoms with Crippen molar-refractivity contribution in [3.8, 4) is 5.75 Å². The van der Waals surface area contributed by atoms with Crippen LogP contribution >= 0.6 is 0 Å². The third-order valence-corrected chi connectivity index (χ3v) is 6.31. The number of amides is 1. The Morgan fingerprint density at radius 3 is 2.52 bits per heavy atom. The summed E-state index contributed by atoms with van der Waals surface area (Å²) in [7, 11) is 0. The van der Waals surface area contributed by atoms with E-state index in [9.17, 15) is 22.8 Å². The zero-order chi connectivity index (χ0) is 23.6. The number of carboxylic acid groups (broad SMARTS) is 1. The van der Waals surface area contributed by atoms with Crippen molar-refractivity contribution in [1.82, 2.24) is 5.32 Å². The van der Waals surface area contributed by atoms with E-state index in [1.54, 1.807) is 4.90 Å². The van der Waals surface area contributed by atoms with Crippen LogP contribution in [0.1, 0.15) is 54.1 Å². The number of carbonyl (C=O) groups excluding carboxylic acids is 1. The Morgan fingerprint density at radius 2 is 1.82 bits per heavy atom. The standard InChI is InChI=1S/C24H25F3N2O4/c25-24(26,27)33-16-12-10-15(11-13-16)23(32)29-19-7-2-1-5-17(19)22(18-6-3-8-20(18)29)28-14-4-9-21(30)31/h1-2,5,7,10-13,18,20,22,28H,3-4,6,8-9,14H2,(H,30,31)/t18-,20+,22-/m0/s1. The fourth-order valence-electron chi connectivity index (χ4n) is 5.01. The van der Waals surface area contributed by atoms with Gasteiger partial charge in [0.1, 0.15) is 5.75 Å². The van der Waals surface area contributed by atoms with Crippen molar-refractivity contribution in [2.24, 2.45) is 5.92 Å². The number of hydrogen-bond donors (Lipinski definition) is 2. The second-order valence-electron chi connectivity index (χ2n) is 8.40. The number of nitrogens with zero attached hydrogens (tertiary/aromatic N) is 1. The monoisotopic (exact) mass is 462 g/mol. The predicted molar refractivity (Wildman–Crippen MR) is 115 cm³/mol. The second kappa shape index (κ2) is 9.43. The molecule has 6 nitrogen and oxygen atoms in total. The van der Waals surface area contributed by atoms with E-state index >= 15 is 0 Å². The molecule has 0 radical (unpaired) electrons. The van der Waals surface area contributed by atoms with Crippen molar-refractivity contribution < 1.29 is 32.6 Å². The number of halogens is 3. The van der Waals surface area contributed by atoms with Crippen LogP contribution in [0.3, 0.4) is 0 Å². The molecule has 176 valence electrons. The fourth-order valence-corrected chi connectivity index (χ4v) is 5.01. The summed E-state index contributed by atoms with van der Waals surface area (Å²) in [6.45, 7) is 0.559. The van der Waals surface area contributed by atoms with Crippen molar-refractivity contribution in [2.45, 2.75) is 50.6 Å². The molecule has 1 aliphatic heterocycles. The first kappa shape index (κ1) is 23.1. The summed E-state index contributed by atoms with van der Waals surface area (Å²) in [6, 6.07) is 12.6. The molecule has 0 spiro atoms. The lowest BCUT2D eigenvalue weighted by molar-refractivity contribution is -0.274. The van der Waals surface area contributed by atoms with Crippen molar-refractivity contribution >= 4 is 17.6 Å². The lowest BCUT2D eigenvalue weighted by Crippen LogP contribution is -2.50. The molecule has 2 aromatic rings. The van der Waals surface area contributed by atoms with E-state index in [1.807, 2.05) is 24.3 Å². The Hall–Kier alpha value is -3.07. The fraction of sp³-hybridized carbons (Fsp3) is 0.417. The zero-order valence-corrected chi connectivity index (χ0v) is 17.8. The topological polar surface area (TPSA) is 78.9 Å². The van der Waals surface area contributed by atoms with Crippen LogP contribution in [0.25, 0.3) is 0 Å². The number of alkyl halides is 3. The van der Waals surface area contributed by atoms with Crippen LogP contribution in [0.4, 0.5) is 18.9 Å². The summed E-state index contributed by atoms with van der Waals surface area (Å²) in [4.78, 5) is 26.1. The van der Waals surface area contributed by atoms with Gasteiger partial charge in [-0.2, -0.15) is 0 Å². The molecule has 1 aliphatic carbocycles. The summed E-state index contributed by atoms with van der Waals surface area (Å²) in [5, 5.41) is 12.4. The molecule has 2 aromatic carbocycles. The van der Waals surface area contributed by atoms with E-state index in [2.05, 4.69) is 10.1 Å². The number of rotatable bonds is 7. The third-order valence-electron chi connectivity index (χ3n) is 6.31. The number of ether oxygens (including phenoxy) is 1. The highest BCUT2D eigenvalue weighted by atomic mass is 19.4. The van der Waals surface area contributed by atoms with Gasteiger partial charge in [-0.1, -0.05) is 24.6 Å². The van der Waals surface area contributed by atoms with Crippen LogP contribution in [0.15, 0.2) is 48.5 Å². The molecule has 1 saturated carbocycles. The average molecular weight is 462 g/mol. The molecule has 4 rings (SSSR count). The minimum Gasteiger partial charge on any atom is -0.481 e. The Bertz CT molecular complexity index is 1010. The largest absolute Gasteiger partial charge is 0.573 e.